The molecule has 2 fully saturated rings. The smallest absolute Gasteiger partial charge is 0.219 e. The molecule has 1 amide bonds. The zero-order chi connectivity index (χ0) is 14.5. The highest BCUT2D eigenvalue weighted by Crippen LogP contribution is 2.18. The summed E-state index contributed by atoms with van der Waals surface area (Å²) in [6.07, 6.45) is 6.39. The normalized spacial score (nSPS) is 26.2. The predicted octanol–water partition coefficient (Wildman–Crippen LogP) is 1.80. The highest BCUT2D eigenvalue weighted by atomic mass is 16.2. The fraction of sp³-hybridized carbons (Fsp3) is 0.938. The molecule has 2 saturated heterocycles. The monoisotopic (exact) mass is 281 g/mol. The molecule has 0 aromatic carbocycles. The Bertz CT molecular complexity index is 313. The van der Waals surface area contributed by atoms with Crippen molar-refractivity contribution in [3.63, 3.8) is 0 Å². The Kier molecular flexibility index (Phi) is 5.85. The van der Waals surface area contributed by atoms with E-state index in [4.69, 9.17) is 0 Å². The zero-order valence-corrected chi connectivity index (χ0v) is 13.5. The molecule has 0 aliphatic carbocycles. The van der Waals surface area contributed by atoms with Crippen molar-refractivity contribution in [1.29, 1.82) is 0 Å². The van der Waals surface area contributed by atoms with Gasteiger partial charge in [-0.1, -0.05) is 6.42 Å². The van der Waals surface area contributed by atoms with Crippen LogP contribution in [-0.2, 0) is 4.79 Å². The molecule has 0 radical (unpaired) electrons. The van der Waals surface area contributed by atoms with Crippen molar-refractivity contribution in [1.82, 2.24) is 14.7 Å². The number of carbonyl (C=O) groups is 1. The predicted molar refractivity (Wildman–Crippen MR) is 82.8 cm³/mol. The van der Waals surface area contributed by atoms with E-state index in [0.29, 0.717) is 6.04 Å². The summed E-state index contributed by atoms with van der Waals surface area (Å²) in [7, 11) is 2.25. The maximum atomic E-state index is 11.3. The first-order valence-corrected chi connectivity index (χ1v) is 8.27. The zero-order valence-electron chi connectivity index (χ0n) is 13.5. The van der Waals surface area contributed by atoms with Crippen molar-refractivity contribution in [2.75, 3.05) is 39.8 Å². The van der Waals surface area contributed by atoms with Crippen LogP contribution in [0, 0.1) is 0 Å². The minimum atomic E-state index is 0.230. The SMILES string of the molecule is CC(=O)N1CCC(N(C)CCN2CCCCC2C)CC1. The van der Waals surface area contributed by atoms with Crippen LogP contribution in [0.3, 0.4) is 0 Å². The number of likely N-dealkylation sites (tertiary alicyclic amines) is 2. The maximum Gasteiger partial charge on any atom is 0.219 e. The topological polar surface area (TPSA) is 26.8 Å². The fourth-order valence-corrected chi connectivity index (χ4v) is 3.58. The van der Waals surface area contributed by atoms with Crippen LogP contribution in [-0.4, -0.2) is 72.5 Å². The summed E-state index contributed by atoms with van der Waals surface area (Å²) in [5, 5.41) is 0. The first-order valence-electron chi connectivity index (χ1n) is 8.27. The number of carbonyl (C=O) groups excluding carboxylic acids is 1. The van der Waals surface area contributed by atoms with Gasteiger partial charge in [0.2, 0.25) is 5.91 Å². The number of rotatable bonds is 4. The largest absolute Gasteiger partial charge is 0.343 e. The second-order valence-electron chi connectivity index (χ2n) is 6.60. The number of likely N-dealkylation sites (N-methyl/N-ethyl adjacent to an activating group) is 1. The van der Waals surface area contributed by atoms with Crippen molar-refractivity contribution < 1.29 is 4.79 Å². The molecule has 20 heavy (non-hydrogen) atoms. The first-order chi connectivity index (χ1) is 9.58. The van der Waals surface area contributed by atoms with E-state index >= 15 is 0 Å². The second-order valence-corrected chi connectivity index (χ2v) is 6.60. The van der Waals surface area contributed by atoms with Gasteiger partial charge in [-0.25, -0.2) is 0 Å². The Morgan fingerprint density at radius 1 is 1.15 bits per heavy atom. The van der Waals surface area contributed by atoms with E-state index in [9.17, 15) is 4.79 Å². The van der Waals surface area contributed by atoms with E-state index in [1.54, 1.807) is 6.92 Å². The number of amides is 1. The lowest BCUT2D eigenvalue weighted by atomic mass is 10.0. The average Bonchev–Trinajstić information content (AvgIpc) is 2.46. The third kappa shape index (κ3) is 4.19. The van der Waals surface area contributed by atoms with Crippen LogP contribution in [0.1, 0.15) is 46.0 Å². The molecule has 4 nitrogen and oxygen atoms in total. The van der Waals surface area contributed by atoms with Gasteiger partial charge in [0, 0.05) is 45.2 Å². The summed E-state index contributed by atoms with van der Waals surface area (Å²) in [6.45, 7) is 9.55. The molecule has 2 aliphatic rings. The van der Waals surface area contributed by atoms with Gasteiger partial charge < -0.3 is 9.80 Å². The van der Waals surface area contributed by atoms with Gasteiger partial charge in [-0.2, -0.15) is 0 Å². The maximum absolute atomic E-state index is 11.3. The molecule has 0 aromatic heterocycles. The number of nitrogens with zero attached hydrogens (tertiary/aromatic N) is 3. The van der Waals surface area contributed by atoms with Crippen LogP contribution < -0.4 is 0 Å². The van der Waals surface area contributed by atoms with E-state index < -0.39 is 0 Å². The van der Waals surface area contributed by atoms with E-state index in [-0.39, 0.29) is 5.91 Å². The molecule has 116 valence electrons. The van der Waals surface area contributed by atoms with Gasteiger partial charge in [-0.3, -0.25) is 9.69 Å². The molecule has 0 N–H and O–H groups in total. The summed E-state index contributed by atoms with van der Waals surface area (Å²) in [6, 6.07) is 1.42. The molecule has 0 aromatic rings. The van der Waals surface area contributed by atoms with Crippen molar-refractivity contribution in [3.8, 4) is 0 Å². The first kappa shape index (κ1) is 15.8. The third-order valence-corrected chi connectivity index (χ3v) is 5.21. The molecule has 0 saturated carbocycles. The summed E-state index contributed by atoms with van der Waals surface area (Å²) < 4.78 is 0. The Hall–Kier alpha value is -0.610. The van der Waals surface area contributed by atoms with E-state index in [0.717, 1.165) is 38.5 Å². The lowest BCUT2D eigenvalue weighted by Crippen LogP contribution is -2.48. The molecular weight excluding hydrogens is 250 g/mol. The van der Waals surface area contributed by atoms with Gasteiger partial charge in [0.15, 0.2) is 0 Å². The molecule has 2 heterocycles. The lowest BCUT2D eigenvalue weighted by Gasteiger charge is -2.39. The van der Waals surface area contributed by atoms with Gasteiger partial charge in [0.25, 0.3) is 0 Å². The van der Waals surface area contributed by atoms with Crippen molar-refractivity contribution >= 4 is 5.91 Å². The molecule has 0 bridgehead atoms. The van der Waals surface area contributed by atoms with Gasteiger partial charge in [-0.05, 0) is 46.2 Å². The van der Waals surface area contributed by atoms with Crippen LogP contribution in [0.25, 0.3) is 0 Å². The molecular formula is C16H31N3O. The summed E-state index contributed by atoms with van der Waals surface area (Å²) in [5.74, 6) is 0.230. The van der Waals surface area contributed by atoms with Crippen LogP contribution >= 0.6 is 0 Å². The number of hydrogen-bond acceptors (Lipinski definition) is 3. The summed E-state index contributed by atoms with van der Waals surface area (Å²) in [5.41, 5.74) is 0. The number of piperidine rings is 2. The highest BCUT2D eigenvalue weighted by molar-refractivity contribution is 5.73. The van der Waals surface area contributed by atoms with E-state index in [1.165, 1.54) is 32.4 Å². The molecule has 0 spiro atoms. The number of hydrogen-bond donors (Lipinski definition) is 0. The van der Waals surface area contributed by atoms with E-state index in [2.05, 4.69) is 23.8 Å². The lowest BCUT2D eigenvalue weighted by molar-refractivity contribution is -0.130. The van der Waals surface area contributed by atoms with Gasteiger partial charge in [-0.15, -0.1) is 0 Å². The Morgan fingerprint density at radius 2 is 1.85 bits per heavy atom. The average molecular weight is 281 g/mol. The summed E-state index contributed by atoms with van der Waals surface area (Å²) in [4.78, 5) is 18.5. The van der Waals surface area contributed by atoms with Crippen molar-refractivity contribution in [2.45, 2.75) is 58.0 Å². The highest BCUT2D eigenvalue weighted by Gasteiger charge is 2.24. The van der Waals surface area contributed by atoms with Gasteiger partial charge in [0.1, 0.15) is 0 Å². The Balaban J connectivity index is 1.70. The molecule has 4 heteroatoms. The van der Waals surface area contributed by atoms with Crippen LogP contribution in [0.5, 0.6) is 0 Å². The Labute approximate surface area is 124 Å². The quantitative estimate of drug-likeness (QED) is 0.786. The fourth-order valence-electron chi connectivity index (χ4n) is 3.58. The van der Waals surface area contributed by atoms with Crippen LogP contribution in [0.15, 0.2) is 0 Å². The van der Waals surface area contributed by atoms with Gasteiger partial charge in [0.05, 0.1) is 0 Å². The van der Waals surface area contributed by atoms with Crippen molar-refractivity contribution in [2.24, 2.45) is 0 Å². The van der Waals surface area contributed by atoms with Crippen molar-refractivity contribution in [3.05, 3.63) is 0 Å². The Morgan fingerprint density at radius 3 is 2.45 bits per heavy atom. The van der Waals surface area contributed by atoms with Crippen LogP contribution in [0.4, 0.5) is 0 Å². The molecule has 1 unspecified atom stereocenters. The molecule has 2 rings (SSSR count). The molecule has 2 aliphatic heterocycles. The second kappa shape index (κ2) is 7.41. The minimum Gasteiger partial charge on any atom is -0.343 e. The van der Waals surface area contributed by atoms with Gasteiger partial charge >= 0.3 is 0 Å². The summed E-state index contributed by atoms with van der Waals surface area (Å²) >= 11 is 0. The van der Waals surface area contributed by atoms with Crippen LogP contribution in [0.2, 0.25) is 0 Å². The minimum absolute atomic E-state index is 0.230. The third-order valence-electron chi connectivity index (χ3n) is 5.21. The standard InChI is InChI=1S/C16H31N3O/c1-14-6-4-5-9-18(14)13-12-17(3)16-7-10-19(11-8-16)15(2)20/h14,16H,4-13H2,1-3H3. The molecule has 1 atom stereocenters. The van der Waals surface area contributed by atoms with E-state index in [1.807, 2.05) is 4.90 Å².